The fourth-order valence-corrected chi connectivity index (χ4v) is 4.72. The van der Waals surface area contributed by atoms with Gasteiger partial charge in [-0.1, -0.05) is 24.3 Å². The number of para-hydroxylation sites is 1. The van der Waals surface area contributed by atoms with Crippen LogP contribution in [0.15, 0.2) is 71.0 Å². The van der Waals surface area contributed by atoms with Crippen LogP contribution >= 0.6 is 0 Å². The highest BCUT2D eigenvalue weighted by Gasteiger charge is 2.37. The number of rotatable bonds is 8. The molecule has 1 fully saturated rings. The Kier molecular flexibility index (Phi) is 7.29. The number of benzene rings is 2. The maximum Gasteiger partial charge on any atom is 0.213 e. The zero-order valence-corrected chi connectivity index (χ0v) is 21.1. The van der Waals surface area contributed by atoms with E-state index in [-0.39, 0.29) is 18.3 Å². The molecular formula is C27H32N6O4. The van der Waals surface area contributed by atoms with E-state index in [0.29, 0.717) is 23.8 Å². The van der Waals surface area contributed by atoms with Gasteiger partial charge in [0.15, 0.2) is 17.3 Å². The van der Waals surface area contributed by atoms with E-state index in [1.807, 2.05) is 59.6 Å². The van der Waals surface area contributed by atoms with Crippen molar-refractivity contribution in [3.8, 4) is 17.2 Å². The zero-order chi connectivity index (χ0) is 25.8. The topological polar surface area (TPSA) is 114 Å². The summed E-state index contributed by atoms with van der Waals surface area (Å²) in [6.45, 7) is 3.66. The Morgan fingerprint density at radius 2 is 1.84 bits per heavy atom. The molecule has 3 aliphatic heterocycles. The summed E-state index contributed by atoms with van der Waals surface area (Å²) < 4.78 is 16.7. The molecular weight excluding hydrogens is 472 g/mol. The number of nitrogens with zero attached hydrogens (tertiary/aromatic N) is 3. The number of ketones is 1. The summed E-state index contributed by atoms with van der Waals surface area (Å²) in [4.78, 5) is 18.1. The first-order valence-electron chi connectivity index (χ1n) is 12.3. The third-order valence-corrected chi connectivity index (χ3v) is 6.59. The van der Waals surface area contributed by atoms with Crippen LogP contribution < -0.4 is 30.6 Å². The van der Waals surface area contributed by atoms with Crippen LogP contribution in [-0.2, 0) is 4.79 Å². The SMILES string of the molecule is COc1ccc(C2=CC3=C(NC2)N(N2CCNCC2)C(N)=NC3C(=O)COc2ccccc2)cc1OC. The molecule has 1 unspecified atom stereocenters. The third-order valence-electron chi connectivity index (χ3n) is 6.59. The van der Waals surface area contributed by atoms with Gasteiger partial charge in [-0.25, -0.2) is 15.0 Å². The van der Waals surface area contributed by atoms with E-state index in [2.05, 4.69) is 20.6 Å². The van der Waals surface area contributed by atoms with Gasteiger partial charge in [-0.2, -0.15) is 0 Å². The number of aliphatic imine (C=N–C) groups is 1. The number of hydrazine groups is 1. The first-order chi connectivity index (χ1) is 18.1. The Morgan fingerprint density at radius 3 is 2.57 bits per heavy atom. The first kappa shape index (κ1) is 24.7. The van der Waals surface area contributed by atoms with E-state index in [4.69, 9.17) is 19.9 Å². The van der Waals surface area contributed by atoms with Crippen LogP contribution in [-0.4, -0.2) is 81.4 Å². The molecule has 194 valence electrons. The molecule has 3 heterocycles. The second-order valence-corrected chi connectivity index (χ2v) is 8.87. The Hall–Kier alpha value is -4.02. The largest absolute Gasteiger partial charge is 0.493 e. The molecule has 5 rings (SSSR count). The van der Waals surface area contributed by atoms with Crippen LogP contribution in [0.2, 0.25) is 0 Å². The number of dihydropyridines is 1. The highest BCUT2D eigenvalue weighted by Crippen LogP contribution is 2.34. The van der Waals surface area contributed by atoms with E-state index in [1.54, 1.807) is 14.2 Å². The van der Waals surface area contributed by atoms with Crippen molar-refractivity contribution in [1.82, 2.24) is 20.7 Å². The lowest BCUT2D eigenvalue weighted by Gasteiger charge is -2.43. The predicted octanol–water partition coefficient (Wildman–Crippen LogP) is 1.37. The number of hydrogen-bond donors (Lipinski definition) is 3. The molecule has 0 radical (unpaired) electrons. The Morgan fingerprint density at radius 1 is 1.08 bits per heavy atom. The lowest BCUT2D eigenvalue weighted by molar-refractivity contribution is -0.121. The van der Waals surface area contributed by atoms with Gasteiger partial charge in [0, 0.05) is 38.3 Å². The number of ether oxygens (including phenoxy) is 3. The summed E-state index contributed by atoms with van der Waals surface area (Å²) in [5, 5.41) is 10.9. The number of carbonyl (C=O) groups is 1. The van der Waals surface area contributed by atoms with Gasteiger partial charge in [-0.3, -0.25) is 4.79 Å². The number of nitrogens with one attached hydrogen (secondary N) is 2. The molecule has 3 aliphatic rings. The molecule has 10 nitrogen and oxygen atoms in total. The van der Waals surface area contributed by atoms with Crippen molar-refractivity contribution < 1.29 is 19.0 Å². The maximum absolute atomic E-state index is 13.4. The van der Waals surface area contributed by atoms with E-state index < -0.39 is 6.04 Å². The average molecular weight is 505 g/mol. The maximum atomic E-state index is 13.4. The summed E-state index contributed by atoms with van der Waals surface area (Å²) in [6.07, 6.45) is 2.03. The summed E-state index contributed by atoms with van der Waals surface area (Å²) in [7, 11) is 3.22. The van der Waals surface area contributed by atoms with Gasteiger partial charge in [0.25, 0.3) is 0 Å². The average Bonchev–Trinajstić information content (AvgIpc) is 2.95. The minimum atomic E-state index is -0.791. The summed E-state index contributed by atoms with van der Waals surface area (Å²) in [5.74, 6) is 2.81. The molecule has 0 saturated carbocycles. The number of hydrogen-bond acceptors (Lipinski definition) is 10. The van der Waals surface area contributed by atoms with Crippen LogP contribution in [0.3, 0.4) is 0 Å². The standard InChI is InChI=1S/C27H32N6O4/c1-35-23-9-8-18(15-24(23)36-2)19-14-21-25(22(34)17-37-20-6-4-3-5-7-20)31-27(28)33(26(21)30-16-19)32-12-10-29-11-13-32/h3-9,14-15,25,29-30H,10-13,16-17H2,1-2H3,(H2,28,31). The van der Waals surface area contributed by atoms with Gasteiger partial charge in [-0.05, 0) is 41.5 Å². The molecule has 37 heavy (non-hydrogen) atoms. The molecule has 2 aromatic rings. The van der Waals surface area contributed by atoms with Crippen LogP contribution in [0.4, 0.5) is 0 Å². The second-order valence-electron chi connectivity index (χ2n) is 8.87. The Labute approximate surface area is 216 Å². The Bertz CT molecular complexity index is 1240. The number of guanidine groups is 1. The third kappa shape index (κ3) is 5.11. The van der Waals surface area contributed by atoms with Gasteiger partial charge in [0.1, 0.15) is 24.2 Å². The monoisotopic (exact) mass is 504 g/mol. The van der Waals surface area contributed by atoms with Crippen molar-refractivity contribution in [3.05, 3.63) is 71.6 Å². The predicted molar refractivity (Wildman–Crippen MR) is 141 cm³/mol. The molecule has 0 spiro atoms. The van der Waals surface area contributed by atoms with Gasteiger partial charge in [-0.15, -0.1) is 0 Å². The second kappa shape index (κ2) is 10.9. The quantitative estimate of drug-likeness (QED) is 0.491. The smallest absolute Gasteiger partial charge is 0.213 e. The van der Waals surface area contributed by atoms with E-state index >= 15 is 0 Å². The van der Waals surface area contributed by atoms with E-state index in [1.165, 1.54) is 0 Å². The minimum absolute atomic E-state index is 0.116. The van der Waals surface area contributed by atoms with Gasteiger partial charge < -0.3 is 30.6 Å². The molecule has 10 heteroatoms. The fraction of sp³-hybridized carbons (Fsp3) is 0.333. The molecule has 2 aromatic carbocycles. The summed E-state index contributed by atoms with van der Waals surface area (Å²) in [5.41, 5.74) is 9.17. The summed E-state index contributed by atoms with van der Waals surface area (Å²) >= 11 is 0. The lowest BCUT2D eigenvalue weighted by atomic mass is 9.93. The van der Waals surface area contributed by atoms with Crippen molar-refractivity contribution in [1.29, 1.82) is 0 Å². The molecule has 0 aliphatic carbocycles. The van der Waals surface area contributed by atoms with Crippen molar-refractivity contribution >= 4 is 17.3 Å². The van der Waals surface area contributed by atoms with E-state index in [0.717, 1.165) is 48.7 Å². The Balaban J connectivity index is 1.49. The number of Topliss-reactive ketones (excluding diaryl/α,β-unsaturated/α-hetero) is 1. The van der Waals surface area contributed by atoms with Crippen molar-refractivity contribution in [2.75, 3.05) is 53.6 Å². The van der Waals surface area contributed by atoms with Gasteiger partial charge in [0.05, 0.1) is 14.2 Å². The normalized spacial score (nSPS) is 19.8. The van der Waals surface area contributed by atoms with Crippen LogP contribution in [0.25, 0.3) is 5.57 Å². The zero-order valence-electron chi connectivity index (χ0n) is 21.1. The number of piperazine rings is 1. The highest BCUT2D eigenvalue weighted by atomic mass is 16.5. The molecule has 1 saturated heterocycles. The molecule has 4 N–H and O–H groups in total. The van der Waals surface area contributed by atoms with Crippen molar-refractivity contribution in [3.63, 3.8) is 0 Å². The fourth-order valence-electron chi connectivity index (χ4n) is 4.72. The molecule has 1 atom stereocenters. The van der Waals surface area contributed by atoms with Crippen molar-refractivity contribution in [2.45, 2.75) is 6.04 Å². The molecule has 0 aromatic heterocycles. The number of carbonyl (C=O) groups excluding carboxylic acids is 1. The van der Waals surface area contributed by atoms with Crippen LogP contribution in [0.1, 0.15) is 5.56 Å². The number of nitrogens with two attached hydrogens (primary N) is 1. The minimum Gasteiger partial charge on any atom is -0.493 e. The van der Waals surface area contributed by atoms with Crippen LogP contribution in [0, 0.1) is 0 Å². The summed E-state index contributed by atoms with van der Waals surface area (Å²) in [6, 6.07) is 14.3. The van der Waals surface area contributed by atoms with Crippen molar-refractivity contribution in [2.24, 2.45) is 10.7 Å². The first-order valence-corrected chi connectivity index (χ1v) is 12.3. The van der Waals surface area contributed by atoms with Gasteiger partial charge in [0.2, 0.25) is 5.96 Å². The molecule has 0 amide bonds. The van der Waals surface area contributed by atoms with E-state index in [9.17, 15) is 4.79 Å². The number of methoxy groups -OCH3 is 2. The van der Waals surface area contributed by atoms with Gasteiger partial charge >= 0.3 is 0 Å². The lowest BCUT2D eigenvalue weighted by Crippen LogP contribution is -2.60. The highest BCUT2D eigenvalue weighted by molar-refractivity contribution is 5.95. The van der Waals surface area contributed by atoms with Crippen LogP contribution in [0.5, 0.6) is 17.2 Å². The molecule has 0 bridgehead atoms.